The van der Waals surface area contributed by atoms with Crippen LogP contribution >= 0.6 is 0 Å². The molecule has 0 aromatic heterocycles. The number of non-ortho nitro benzene ring substituents is 1. The number of carbonyl (C=O) groups is 1. The number of hydrogen-bond donors (Lipinski definition) is 1. The van der Waals surface area contributed by atoms with Crippen LogP contribution in [0.15, 0.2) is 24.3 Å². The number of carboxylic acid groups (broad SMARTS) is 1. The van der Waals surface area contributed by atoms with Crippen molar-refractivity contribution < 1.29 is 14.8 Å². The van der Waals surface area contributed by atoms with E-state index in [-0.39, 0.29) is 5.69 Å². The van der Waals surface area contributed by atoms with E-state index in [0.717, 1.165) is 5.56 Å². The average Bonchev–Trinajstić information content (AvgIpc) is 2.35. The molecule has 6 nitrogen and oxygen atoms in total. The molecule has 1 N–H and O–H groups in total. The first-order chi connectivity index (χ1) is 8.78. The maximum atomic E-state index is 11.2. The third-order valence-corrected chi connectivity index (χ3v) is 3.19. The second-order valence-electron chi connectivity index (χ2n) is 4.81. The lowest BCUT2D eigenvalue weighted by atomic mass is 10.0. The third kappa shape index (κ3) is 3.51. The number of carboxylic acids is 1. The van der Waals surface area contributed by atoms with E-state index < -0.39 is 16.4 Å². The Morgan fingerprint density at radius 3 is 2.58 bits per heavy atom. The molecule has 0 aliphatic rings. The van der Waals surface area contributed by atoms with E-state index in [1.165, 1.54) is 12.1 Å². The van der Waals surface area contributed by atoms with E-state index in [1.807, 2.05) is 6.92 Å². The van der Waals surface area contributed by atoms with E-state index >= 15 is 0 Å². The van der Waals surface area contributed by atoms with Crippen molar-refractivity contribution in [3.63, 3.8) is 0 Å². The van der Waals surface area contributed by atoms with Crippen molar-refractivity contribution in [2.24, 2.45) is 0 Å². The van der Waals surface area contributed by atoms with Crippen LogP contribution in [-0.2, 0) is 11.3 Å². The highest BCUT2D eigenvalue weighted by Crippen LogP contribution is 2.20. The van der Waals surface area contributed by atoms with E-state index in [9.17, 15) is 20.0 Å². The van der Waals surface area contributed by atoms with Gasteiger partial charge in [0.1, 0.15) is 5.54 Å². The van der Waals surface area contributed by atoms with Crippen molar-refractivity contribution >= 4 is 11.7 Å². The summed E-state index contributed by atoms with van der Waals surface area (Å²) in [7, 11) is 0. The highest BCUT2D eigenvalue weighted by molar-refractivity contribution is 5.77. The first-order valence-corrected chi connectivity index (χ1v) is 6.00. The van der Waals surface area contributed by atoms with Gasteiger partial charge in [0.25, 0.3) is 5.69 Å². The molecule has 0 saturated carbocycles. The minimum absolute atomic E-state index is 0.0154. The van der Waals surface area contributed by atoms with Crippen LogP contribution in [0.3, 0.4) is 0 Å². The monoisotopic (exact) mass is 266 g/mol. The van der Waals surface area contributed by atoms with Gasteiger partial charge in [0, 0.05) is 18.7 Å². The van der Waals surface area contributed by atoms with Gasteiger partial charge in [0.2, 0.25) is 0 Å². The molecule has 1 rings (SSSR count). The minimum atomic E-state index is -1.01. The minimum Gasteiger partial charge on any atom is -0.480 e. The maximum Gasteiger partial charge on any atom is 0.323 e. The van der Waals surface area contributed by atoms with Crippen LogP contribution in [0, 0.1) is 10.1 Å². The van der Waals surface area contributed by atoms with Gasteiger partial charge in [-0.2, -0.15) is 0 Å². The molecule has 1 aromatic carbocycles. The second-order valence-corrected chi connectivity index (χ2v) is 4.81. The van der Waals surface area contributed by atoms with Gasteiger partial charge in [-0.05, 0) is 26.0 Å². The van der Waals surface area contributed by atoms with Crippen LogP contribution in [-0.4, -0.2) is 33.0 Å². The molecule has 6 heteroatoms. The van der Waals surface area contributed by atoms with Gasteiger partial charge in [0.15, 0.2) is 0 Å². The average molecular weight is 266 g/mol. The Hall–Kier alpha value is -1.95. The molecule has 0 fully saturated rings. The molecule has 0 aliphatic heterocycles. The van der Waals surface area contributed by atoms with Crippen LogP contribution in [0.4, 0.5) is 5.69 Å². The molecule has 0 bridgehead atoms. The Morgan fingerprint density at radius 1 is 1.47 bits per heavy atom. The Kier molecular flexibility index (Phi) is 4.61. The summed E-state index contributed by atoms with van der Waals surface area (Å²) in [6.07, 6.45) is 0. The number of likely N-dealkylation sites (N-methyl/N-ethyl adjacent to an activating group) is 1. The first-order valence-electron chi connectivity index (χ1n) is 6.00. The SMILES string of the molecule is CCN(Cc1cccc([N+](=O)[O-])c1)C(C)(C)C(=O)O. The van der Waals surface area contributed by atoms with E-state index in [0.29, 0.717) is 13.1 Å². The van der Waals surface area contributed by atoms with Crippen LogP contribution in [0.25, 0.3) is 0 Å². The molecule has 104 valence electrons. The fraction of sp³-hybridized carbons (Fsp3) is 0.462. The van der Waals surface area contributed by atoms with Crippen molar-refractivity contribution in [3.8, 4) is 0 Å². The lowest BCUT2D eigenvalue weighted by Crippen LogP contribution is -2.49. The Labute approximate surface area is 111 Å². The van der Waals surface area contributed by atoms with Gasteiger partial charge in [-0.1, -0.05) is 19.1 Å². The smallest absolute Gasteiger partial charge is 0.323 e. The van der Waals surface area contributed by atoms with Crippen molar-refractivity contribution in [2.45, 2.75) is 32.9 Å². The molecule has 0 spiro atoms. The number of hydrogen-bond acceptors (Lipinski definition) is 4. The van der Waals surface area contributed by atoms with Gasteiger partial charge in [-0.15, -0.1) is 0 Å². The quantitative estimate of drug-likeness (QED) is 0.630. The fourth-order valence-corrected chi connectivity index (χ4v) is 1.83. The Balaban J connectivity index is 2.96. The molecule has 0 amide bonds. The predicted molar refractivity (Wildman–Crippen MR) is 70.9 cm³/mol. The number of rotatable bonds is 6. The first kappa shape index (κ1) is 15.1. The zero-order valence-corrected chi connectivity index (χ0v) is 11.3. The summed E-state index contributed by atoms with van der Waals surface area (Å²) in [5.74, 6) is -0.917. The highest BCUT2D eigenvalue weighted by Gasteiger charge is 2.33. The summed E-state index contributed by atoms with van der Waals surface area (Å²) in [6, 6.07) is 6.26. The zero-order chi connectivity index (χ0) is 14.6. The molecule has 1 aromatic rings. The Bertz CT molecular complexity index is 485. The zero-order valence-electron chi connectivity index (χ0n) is 11.3. The third-order valence-electron chi connectivity index (χ3n) is 3.19. The van der Waals surface area contributed by atoms with Gasteiger partial charge in [0.05, 0.1) is 4.92 Å². The number of aliphatic carboxylic acids is 1. The van der Waals surface area contributed by atoms with Crippen LogP contribution in [0.1, 0.15) is 26.3 Å². The van der Waals surface area contributed by atoms with Crippen molar-refractivity contribution in [1.82, 2.24) is 4.90 Å². The Morgan fingerprint density at radius 2 is 2.11 bits per heavy atom. The van der Waals surface area contributed by atoms with E-state index in [4.69, 9.17) is 0 Å². The molecule has 0 heterocycles. The van der Waals surface area contributed by atoms with Crippen LogP contribution in [0.2, 0.25) is 0 Å². The molecular formula is C13H18N2O4. The summed E-state index contributed by atoms with van der Waals surface area (Å²) in [5, 5.41) is 19.9. The van der Waals surface area contributed by atoms with E-state index in [1.54, 1.807) is 30.9 Å². The summed E-state index contributed by atoms with van der Waals surface area (Å²) in [6.45, 7) is 6.01. The largest absolute Gasteiger partial charge is 0.480 e. The number of nitro benzene ring substituents is 1. The van der Waals surface area contributed by atoms with E-state index in [2.05, 4.69) is 0 Å². The summed E-state index contributed by atoms with van der Waals surface area (Å²) in [4.78, 5) is 23.3. The van der Waals surface area contributed by atoms with Crippen molar-refractivity contribution in [1.29, 1.82) is 0 Å². The molecule has 0 radical (unpaired) electrons. The molecular weight excluding hydrogens is 248 g/mol. The molecule has 0 saturated heterocycles. The summed E-state index contributed by atoms with van der Waals surface area (Å²) in [5.41, 5.74) is -0.272. The topological polar surface area (TPSA) is 83.7 Å². The normalized spacial score (nSPS) is 11.6. The van der Waals surface area contributed by atoms with Crippen LogP contribution < -0.4 is 0 Å². The maximum absolute atomic E-state index is 11.2. The van der Waals surface area contributed by atoms with Crippen molar-refractivity contribution in [2.75, 3.05) is 6.54 Å². The fourth-order valence-electron chi connectivity index (χ4n) is 1.83. The van der Waals surface area contributed by atoms with Gasteiger partial charge in [-0.3, -0.25) is 19.8 Å². The number of benzene rings is 1. The van der Waals surface area contributed by atoms with Gasteiger partial charge in [-0.25, -0.2) is 0 Å². The lowest BCUT2D eigenvalue weighted by molar-refractivity contribution is -0.384. The lowest BCUT2D eigenvalue weighted by Gasteiger charge is -2.34. The predicted octanol–water partition coefficient (Wildman–Crippen LogP) is 2.28. The number of nitrogens with zero attached hydrogens (tertiary/aromatic N) is 2. The summed E-state index contributed by atoms with van der Waals surface area (Å²) < 4.78 is 0. The standard InChI is InChI=1S/C13H18N2O4/c1-4-14(13(2,3)12(16)17)9-10-6-5-7-11(8-10)15(18)19/h5-8H,4,9H2,1-3H3,(H,16,17). The summed E-state index contributed by atoms with van der Waals surface area (Å²) >= 11 is 0. The van der Waals surface area contributed by atoms with Crippen molar-refractivity contribution in [3.05, 3.63) is 39.9 Å². The molecule has 0 aliphatic carbocycles. The van der Waals surface area contributed by atoms with Gasteiger partial charge < -0.3 is 5.11 Å². The number of nitro groups is 1. The molecule has 0 atom stereocenters. The van der Waals surface area contributed by atoms with Crippen LogP contribution in [0.5, 0.6) is 0 Å². The molecule has 19 heavy (non-hydrogen) atoms. The van der Waals surface area contributed by atoms with Gasteiger partial charge >= 0.3 is 5.97 Å². The second kappa shape index (κ2) is 5.79. The molecule has 0 unspecified atom stereocenters. The highest BCUT2D eigenvalue weighted by atomic mass is 16.6.